The van der Waals surface area contributed by atoms with Crippen molar-refractivity contribution in [3.8, 4) is 5.88 Å². The Morgan fingerprint density at radius 2 is 2.04 bits per heavy atom. The molecule has 8 nitrogen and oxygen atoms in total. The van der Waals surface area contributed by atoms with Crippen LogP contribution in [0.4, 0.5) is 14.6 Å². The average Bonchev–Trinajstić information content (AvgIpc) is 3.50. The minimum atomic E-state index is -2.78. The summed E-state index contributed by atoms with van der Waals surface area (Å²) in [5.41, 5.74) is -1.48. The quantitative estimate of drug-likeness (QED) is 0.689. The number of nitrogens with one attached hydrogen (secondary N) is 1. The SMILES string of the molecule is CC(NC(=O)c1cnc(N2CC(F)(F)C2)c(OCC2CC2)n1)(C(=O)O)C1CC1. The van der Waals surface area contributed by atoms with Gasteiger partial charge < -0.3 is 20.1 Å². The molecule has 0 spiro atoms. The zero-order chi connectivity index (χ0) is 20.1. The van der Waals surface area contributed by atoms with Crippen molar-refractivity contribution in [2.45, 2.75) is 44.1 Å². The van der Waals surface area contributed by atoms with E-state index in [1.807, 2.05) is 0 Å². The smallest absolute Gasteiger partial charge is 0.329 e. The first-order valence-electron chi connectivity index (χ1n) is 9.36. The van der Waals surface area contributed by atoms with Crippen molar-refractivity contribution in [3.63, 3.8) is 0 Å². The zero-order valence-electron chi connectivity index (χ0n) is 15.5. The van der Waals surface area contributed by atoms with Crippen LogP contribution < -0.4 is 15.0 Å². The van der Waals surface area contributed by atoms with Gasteiger partial charge in [-0.3, -0.25) is 4.79 Å². The van der Waals surface area contributed by atoms with Gasteiger partial charge in [0, 0.05) is 0 Å². The van der Waals surface area contributed by atoms with Gasteiger partial charge in [-0.05, 0) is 44.4 Å². The molecule has 1 aromatic heterocycles. The van der Waals surface area contributed by atoms with Gasteiger partial charge in [-0.25, -0.2) is 23.5 Å². The van der Waals surface area contributed by atoms with Gasteiger partial charge in [0.25, 0.3) is 17.7 Å². The maximum atomic E-state index is 13.2. The predicted molar refractivity (Wildman–Crippen MR) is 93.6 cm³/mol. The van der Waals surface area contributed by atoms with E-state index in [9.17, 15) is 23.5 Å². The van der Waals surface area contributed by atoms with E-state index >= 15 is 0 Å². The van der Waals surface area contributed by atoms with Crippen LogP contribution in [0, 0.1) is 11.8 Å². The minimum Gasteiger partial charge on any atom is -0.480 e. The van der Waals surface area contributed by atoms with Crippen LogP contribution in [-0.4, -0.2) is 58.1 Å². The van der Waals surface area contributed by atoms with E-state index in [0.29, 0.717) is 12.5 Å². The molecule has 1 atom stereocenters. The number of anilines is 1. The van der Waals surface area contributed by atoms with Gasteiger partial charge in [-0.2, -0.15) is 0 Å². The van der Waals surface area contributed by atoms with Crippen molar-refractivity contribution >= 4 is 17.7 Å². The molecule has 0 bridgehead atoms. The standard InChI is InChI=1S/C18H22F2N4O4/c1-17(16(26)27,11-4-5-11)23-14(25)12-6-21-13(24-8-18(19,20)9-24)15(22-12)28-7-10-2-3-10/h6,10-11H,2-5,7-9H2,1H3,(H,23,25)(H,26,27). The molecule has 28 heavy (non-hydrogen) atoms. The Morgan fingerprint density at radius 1 is 1.36 bits per heavy atom. The molecule has 3 fully saturated rings. The maximum absolute atomic E-state index is 13.2. The summed E-state index contributed by atoms with van der Waals surface area (Å²) < 4.78 is 32.1. The van der Waals surface area contributed by atoms with Gasteiger partial charge in [0.05, 0.1) is 25.9 Å². The molecule has 1 saturated heterocycles. The second-order valence-electron chi connectivity index (χ2n) is 8.09. The molecule has 0 radical (unpaired) electrons. The summed E-state index contributed by atoms with van der Waals surface area (Å²) in [5.74, 6) is -4.10. The van der Waals surface area contributed by atoms with E-state index < -0.39 is 36.4 Å². The summed E-state index contributed by atoms with van der Waals surface area (Å²) in [7, 11) is 0. The minimum absolute atomic E-state index is 0.0264. The number of carbonyl (C=O) groups excluding carboxylic acids is 1. The largest absolute Gasteiger partial charge is 0.480 e. The highest BCUT2D eigenvalue weighted by molar-refractivity contribution is 5.96. The third kappa shape index (κ3) is 3.72. The lowest BCUT2D eigenvalue weighted by molar-refractivity contribution is -0.144. The summed E-state index contributed by atoms with van der Waals surface area (Å²) in [6.07, 6.45) is 4.69. The van der Waals surface area contributed by atoms with Crippen molar-refractivity contribution in [2.75, 3.05) is 24.6 Å². The number of aliphatic carboxylic acids is 1. The first-order valence-corrected chi connectivity index (χ1v) is 9.36. The van der Waals surface area contributed by atoms with Crippen LogP contribution in [0.5, 0.6) is 5.88 Å². The fourth-order valence-corrected chi connectivity index (χ4v) is 3.22. The second kappa shape index (κ2) is 6.52. The summed E-state index contributed by atoms with van der Waals surface area (Å²) in [6.45, 7) is 0.892. The number of hydrogen-bond acceptors (Lipinski definition) is 6. The Kier molecular flexibility index (Phi) is 4.39. The Labute approximate surface area is 160 Å². The Morgan fingerprint density at radius 3 is 2.57 bits per heavy atom. The van der Waals surface area contributed by atoms with Crippen LogP contribution in [0.1, 0.15) is 43.1 Å². The molecular formula is C18H22F2N4O4. The van der Waals surface area contributed by atoms with Gasteiger partial charge in [-0.1, -0.05) is 0 Å². The molecule has 1 aromatic rings. The number of alkyl halides is 2. The van der Waals surface area contributed by atoms with Gasteiger partial charge in [0.2, 0.25) is 0 Å². The van der Waals surface area contributed by atoms with E-state index in [1.165, 1.54) is 18.0 Å². The number of carbonyl (C=O) groups is 2. The molecule has 1 aliphatic heterocycles. The molecule has 2 saturated carbocycles. The lowest BCUT2D eigenvalue weighted by Gasteiger charge is -2.39. The van der Waals surface area contributed by atoms with Gasteiger partial charge >= 0.3 is 5.97 Å². The molecule has 2 heterocycles. The number of rotatable bonds is 8. The van der Waals surface area contributed by atoms with Crippen LogP contribution >= 0.6 is 0 Å². The molecule has 10 heteroatoms. The molecule has 2 aliphatic carbocycles. The van der Waals surface area contributed by atoms with Crippen LogP contribution in [0.3, 0.4) is 0 Å². The first-order chi connectivity index (χ1) is 13.2. The number of hydrogen-bond donors (Lipinski definition) is 2. The number of halogens is 2. The van der Waals surface area contributed by atoms with E-state index in [2.05, 4.69) is 15.3 Å². The monoisotopic (exact) mass is 396 g/mol. The van der Waals surface area contributed by atoms with Gasteiger partial charge in [0.15, 0.2) is 11.5 Å². The van der Waals surface area contributed by atoms with E-state index in [1.54, 1.807) is 0 Å². The predicted octanol–water partition coefficient (Wildman–Crippen LogP) is 1.70. The van der Waals surface area contributed by atoms with Crippen molar-refractivity contribution in [1.82, 2.24) is 15.3 Å². The highest BCUT2D eigenvalue weighted by atomic mass is 19.3. The molecule has 152 valence electrons. The summed E-state index contributed by atoms with van der Waals surface area (Å²) in [5, 5.41) is 12.0. The van der Waals surface area contributed by atoms with Crippen LogP contribution in [0.2, 0.25) is 0 Å². The third-order valence-corrected chi connectivity index (χ3v) is 5.46. The number of carboxylic acids is 1. The Bertz CT molecular complexity index is 805. The molecular weight excluding hydrogens is 374 g/mol. The van der Waals surface area contributed by atoms with Crippen LogP contribution in [-0.2, 0) is 4.79 Å². The lowest BCUT2D eigenvalue weighted by Crippen LogP contribution is -2.57. The normalized spacial score (nSPS) is 22.8. The first kappa shape index (κ1) is 18.8. The molecule has 0 aromatic carbocycles. The molecule has 4 rings (SSSR count). The highest BCUT2D eigenvalue weighted by Gasteiger charge is 2.49. The molecule has 2 N–H and O–H groups in total. The van der Waals surface area contributed by atoms with Gasteiger partial charge in [-0.15, -0.1) is 0 Å². The summed E-state index contributed by atoms with van der Waals surface area (Å²) in [6, 6.07) is 0. The fraction of sp³-hybridized carbons (Fsp3) is 0.667. The molecule has 1 unspecified atom stereocenters. The summed E-state index contributed by atoms with van der Waals surface area (Å²) >= 11 is 0. The molecule has 1 amide bonds. The number of nitrogens with zero attached hydrogens (tertiary/aromatic N) is 3. The lowest BCUT2D eigenvalue weighted by atomic mass is 9.96. The van der Waals surface area contributed by atoms with Crippen LogP contribution in [0.25, 0.3) is 0 Å². The Balaban J connectivity index is 1.54. The maximum Gasteiger partial charge on any atom is 0.329 e. The van der Waals surface area contributed by atoms with Gasteiger partial charge in [0.1, 0.15) is 5.54 Å². The summed E-state index contributed by atoms with van der Waals surface area (Å²) in [4.78, 5) is 33.9. The number of aromatic nitrogens is 2. The van der Waals surface area contributed by atoms with E-state index in [4.69, 9.17) is 4.74 Å². The number of amides is 1. The third-order valence-electron chi connectivity index (χ3n) is 5.46. The van der Waals surface area contributed by atoms with Crippen LogP contribution in [0.15, 0.2) is 6.20 Å². The zero-order valence-corrected chi connectivity index (χ0v) is 15.5. The van der Waals surface area contributed by atoms with Crippen molar-refractivity contribution in [2.24, 2.45) is 11.8 Å². The average molecular weight is 396 g/mol. The number of ether oxygens (including phenoxy) is 1. The van der Waals surface area contributed by atoms with E-state index in [0.717, 1.165) is 25.7 Å². The second-order valence-corrected chi connectivity index (χ2v) is 8.09. The van der Waals surface area contributed by atoms with E-state index in [-0.39, 0.29) is 23.3 Å². The van der Waals surface area contributed by atoms with Crippen molar-refractivity contribution in [3.05, 3.63) is 11.9 Å². The highest BCUT2D eigenvalue weighted by Crippen LogP contribution is 2.40. The molecule has 3 aliphatic rings. The van der Waals surface area contributed by atoms with Crippen molar-refractivity contribution < 1.29 is 28.2 Å². The Hall–Kier alpha value is -2.52. The fourth-order valence-electron chi connectivity index (χ4n) is 3.22. The number of carboxylic acid groups (broad SMARTS) is 1. The topological polar surface area (TPSA) is 105 Å². The van der Waals surface area contributed by atoms with Crippen molar-refractivity contribution in [1.29, 1.82) is 0 Å².